The average molecular weight is 328 g/mol. The Hall–Kier alpha value is -2.33. The minimum absolute atomic E-state index is 0.132. The molecule has 24 heavy (non-hydrogen) atoms. The molecule has 4 heteroatoms. The minimum atomic E-state index is -0.434. The van der Waals surface area contributed by atoms with Gasteiger partial charge in [-0.3, -0.25) is 4.79 Å². The third-order valence-corrected chi connectivity index (χ3v) is 3.83. The van der Waals surface area contributed by atoms with E-state index in [-0.39, 0.29) is 12.1 Å². The van der Waals surface area contributed by atoms with Crippen LogP contribution in [0.25, 0.3) is 0 Å². The van der Waals surface area contributed by atoms with E-state index in [4.69, 9.17) is 9.47 Å². The average Bonchev–Trinajstić information content (AvgIpc) is 2.56. The van der Waals surface area contributed by atoms with Gasteiger partial charge in [0.25, 0.3) is 0 Å². The predicted molar refractivity (Wildman–Crippen MR) is 94.5 cm³/mol. The largest absolute Gasteiger partial charge is 0.497 e. The molecule has 0 fully saturated rings. The first-order valence-corrected chi connectivity index (χ1v) is 8.19. The highest BCUT2D eigenvalue weighted by molar-refractivity contribution is 5.82. The van der Waals surface area contributed by atoms with Crippen molar-refractivity contribution >= 4 is 5.97 Å². The maximum atomic E-state index is 12.8. The van der Waals surface area contributed by atoms with Gasteiger partial charge in [0.2, 0.25) is 0 Å². The lowest BCUT2D eigenvalue weighted by Crippen LogP contribution is -3.07. The minimum Gasteiger partial charge on any atom is -0.497 e. The summed E-state index contributed by atoms with van der Waals surface area (Å²) in [4.78, 5) is 14.1. The van der Waals surface area contributed by atoms with Gasteiger partial charge in [-0.25, -0.2) is 0 Å². The Morgan fingerprint density at radius 3 is 2.12 bits per heavy atom. The van der Waals surface area contributed by atoms with Crippen molar-refractivity contribution in [1.82, 2.24) is 0 Å². The first-order chi connectivity index (χ1) is 11.5. The molecule has 0 aromatic heterocycles. The lowest BCUT2D eigenvalue weighted by Gasteiger charge is -2.21. The molecule has 0 heterocycles. The van der Waals surface area contributed by atoms with Crippen molar-refractivity contribution in [3.05, 3.63) is 65.7 Å². The second-order valence-corrected chi connectivity index (χ2v) is 6.28. The van der Waals surface area contributed by atoms with Crippen molar-refractivity contribution in [3.8, 4) is 5.75 Å². The van der Waals surface area contributed by atoms with Crippen molar-refractivity contribution in [2.45, 2.75) is 18.9 Å². The Bertz CT molecular complexity index is 638. The highest BCUT2D eigenvalue weighted by atomic mass is 16.5. The molecular weight excluding hydrogens is 302 g/mol. The number of ether oxygens (including phenoxy) is 2. The van der Waals surface area contributed by atoms with Gasteiger partial charge in [-0.15, -0.1) is 0 Å². The molecule has 1 N–H and O–H groups in total. The molecule has 0 unspecified atom stereocenters. The van der Waals surface area contributed by atoms with E-state index in [1.54, 1.807) is 7.11 Å². The number of hydrogen-bond acceptors (Lipinski definition) is 3. The number of hydrogen-bond donors (Lipinski definition) is 1. The van der Waals surface area contributed by atoms with Crippen molar-refractivity contribution in [1.29, 1.82) is 0 Å². The number of likely N-dealkylation sites (N-methyl/N-ethyl adjacent to an activating group) is 1. The van der Waals surface area contributed by atoms with E-state index in [2.05, 4.69) is 0 Å². The van der Waals surface area contributed by atoms with Crippen LogP contribution in [-0.4, -0.2) is 39.8 Å². The van der Waals surface area contributed by atoms with Gasteiger partial charge in [-0.05, 0) is 30.2 Å². The first kappa shape index (κ1) is 18.0. The highest BCUT2D eigenvalue weighted by Crippen LogP contribution is 2.28. The Labute approximate surface area is 144 Å². The number of nitrogens with one attached hydrogen (secondary N) is 1. The SMILES string of the molecule is COc1ccc([C@@H](C(=O)O[C@@H](C)C[NH+](C)C)c2ccccc2)cc1. The first-order valence-electron chi connectivity index (χ1n) is 8.19. The Morgan fingerprint density at radius 2 is 1.58 bits per heavy atom. The van der Waals surface area contributed by atoms with E-state index in [1.807, 2.05) is 75.6 Å². The molecule has 2 atom stereocenters. The summed E-state index contributed by atoms with van der Waals surface area (Å²) < 4.78 is 10.9. The lowest BCUT2D eigenvalue weighted by molar-refractivity contribution is -0.861. The molecule has 0 amide bonds. The van der Waals surface area contributed by atoms with Crippen LogP contribution in [0.15, 0.2) is 54.6 Å². The molecule has 2 aromatic carbocycles. The van der Waals surface area contributed by atoms with Crippen LogP contribution in [0.1, 0.15) is 24.0 Å². The predicted octanol–water partition coefficient (Wildman–Crippen LogP) is 1.90. The zero-order chi connectivity index (χ0) is 17.5. The van der Waals surface area contributed by atoms with E-state index in [0.29, 0.717) is 0 Å². The summed E-state index contributed by atoms with van der Waals surface area (Å²) in [6, 6.07) is 17.3. The molecule has 128 valence electrons. The molecule has 0 aliphatic heterocycles. The van der Waals surface area contributed by atoms with Crippen molar-refractivity contribution in [2.75, 3.05) is 27.7 Å². The fourth-order valence-corrected chi connectivity index (χ4v) is 2.79. The summed E-state index contributed by atoms with van der Waals surface area (Å²) in [7, 11) is 5.72. The van der Waals surface area contributed by atoms with Crippen molar-refractivity contribution < 1.29 is 19.2 Å². The maximum Gasteiger partial charge on any atom is 0.318 e. The fourth-order valence-electron chi connectivity index (χ4n) is 2.79. The van der Waals surface area contributed by atoms with Gasteiger partial charge in [-0.2, -0.15) is 0 Å². The third kappa shape index (κ3) is 4.83. The standard InChI is InChI=1S/C20H25NO3/c1-15(14-21(2)3)24-20(22)19(16-8-6-5-7-9-16)17-10-12-18(23-4)13-11-17/h5-13,15,19H,14H2,1-4H3/p+1/t15-,19-/m0/s1. The number of methoxy groups -OCH3 is 1. The van der Waals surface area contributed by atoms with Crippen LogP contribution in [-0.2, 0) is 9.53 Å². The van der Waals surface area contributed by atoms with E-state index >= 15 is 0 Å². The van der Waals surface area contributed by atoms with Crippen molar-refractivity contribution in [3.63, 3.8) is 0 Å². The Kier molecular flexibility index (Phi) is 6.38. The molecule has 4 nitrogen and oxygen atoms in total. The molecule has 0 radical (unpaired) electrons. The fraction of sp³-hybridized carbons (Fsp3) is 0.350. The smallest absolute Gasteiger partial charge is 0.318 e. The second-order valence-electron chi connectivity index (χ2n) is 6.28. The summed E-state index contributed by atoms with van der Waals surface area (Å²) >= 11 is 0. The van der Waals surface area contributed by atoms with E-state index < -0.39 is 5.92 Å². The zero-order valence-corrected chi connectivity index (χ0v) is 14.8. The lowest BCUT2D eigenvalue weighted by atomic mass is 9.91. The number of carbonyl (C=O) groups excluding carboxylic acids is 1. The summed E-state index contributed by atoms with van der Waals surface area (Å²) in [5.74, 6) is 0.111. The normalized spacial score (nSPS) is 13.4. The van der Waals surface area contributed by atoms with Gasteiger partial charge >= 0.3 is 5.97 Å². The van der Waals surface area contributed by atoms with Gasteiger partial charge in [0.1, 0.15) is 24.3 Å². The van der Waals surface area contributed by atoms with Crippen LogP contribution < -0.4 is 9.64 Å². The summed E-state index contributed by atoms with van der Waals surface area (Å²) in [5.41, 5.74) is 1.83. The van der Waals surface area contributed by atoms with Crippen LogP contribution in [0.5, 0.6) is 5.75 Å². The monoisotopic (exact) mass is 328 g/mol. The van der Waals surface area contributed by atoms with Crippen LogP contribution >= 0.6 is 0 Å². The molecular formula is C20H26NO3+. The van der Waals surface area contributed by atoms with Gasteiger partial charge in [-0.1, -0.05) is 42.5 Å². The third-order valence-electron chi connectivity index (χ3n) is 3.83. The Morgan fingerprint density at radius 1 is 1.00 bits per heavy atom. The summed E-state index contributed by atoms with van der Waals surface area (Å²) in [5, 5.41) is 0. The van der Waals surface area contributed by atoms with Crippen LogP contribution in [0.2, 0.25) is 0 Å². The Balaban J connectivity index is 2.27. The molecule has 0 aliphatic carbocycles. The van der Waals surface area contributed by atoms with Gasteiger partial charge in [0.05, 0.1) is 21.2 Å². The molecule has 0 aliphatic rings. The summed E-state index contributed by atoms with van der Waals surface area (Å²) in [6.45, 7) is 2.71. The number of benzene rings is 2. The molecule has 0 spiro atoms. The van der Waals surface area contributed by atoms with E-state index in [9.17, 15) is 4.79 Å². The number of carbonyl (C=O) groups is 1. The van der Waals surface area contributed by atoms with E-state index in [1.165, 1.54) is 4.90 Å². The van der Waals surface area contributed by atoms with Gasteiger partial charge < -0.3 is 14.4 Å². The topological polar surface area (TPSA) is 40.0 Å². The number of esters is 1. The van der Waals surface area contributed by atoms with Crippen LogP contribution in [0, 0.1) is 0 Å². The molecule has 0 saturated carbocycles. The van der Waals surface area contributed by atoms with Crippen molar-refractivity contribution in [2.24, 2.45) is 0 Å². The summed E-state index contributed by atoms with van der Waals surface area (Å²) in [6.07, 6.45) is -0.132. The number of quaternary nitrogens is 1. The zero-order valence-electron chi connectivity index (χ0n) is 14.8. The molecule has 2 aromatic rings. The van der Waals surface area contributed by atoms with Crippen LogP contribution in [0.4, 0.5) is 0 Å². The van der Waals surface area contributed by atoms with Crippen LogP contribution in [0.3, 0.4) is 0 Å². The molecule has 2 rings (SSSR count). The second kappa shape index (κ2) is 8.50. The van der Waals surface area contributed by atoms with Gasteiger partial charge in [0, 0.05) is 0 Å². The molecule has 0 bridgehead atoms. The van der Waals surface area contributed by atoms with Gasteiger partial charge in [0.15, 0.2) is 0 Å². The maximum absolute atomic E-state index is 12.8. The highest BCUT2D eigenvalue weighted by Gasteiger charge is 2.26. The quantitative estimate of drug-likeness (QED) is 0.789. The molecule has 0 saturated heterocycles. The number of rotatable bonds is 7. The van der Waals surface area contributed by atoms with E-state index in [0.717, 1.165) is 23.4 Å².